The van der Waals surface area contributed by atoms with Crippen LogP contribution in [0.4, 0.5) is 5.00 Å². The Balaban J connectivity index is 1.76. The van der Waals surface area contributed by atoms with Crippen molar-refractivity contribution in [3.63, 3.8) is 0 Å². The molecule has 0 aromatic carbocycles. The number of hydrogen-bond donors (Lipinski definition) is 1. The van der Waals surface area contributed by atoms with E-state index in [0.29, 0.717) is 12.6 Å². The molecule has 1 aromatic rings. The van der Waals surface area contributed by atoms with E-state index < -0.39 is 0 Å². The zero-order valence-electron chi connectivity index (χ0n) is 10.1. The summed E-state index contributed by atoms with van der Waals surface area (Å²) in [5.74, 6) is 0.110. The van der Waals surface area contributed by atoms with Gasteiger partial charge in [-0.3, -0.25) is 4.79 Å². The summed E-state index contributed by atoms with van der Waals surface area (Å²) in [6, 6.07) is 4.67. The third kappa shape index (κ3) is 3.46. The molecule has 3 nitrogen and oxygen atoms in total. The Kier molecular flexibility index (Phi) is 4.42. The van der Waals surface area contributed by atoms with Crippen molar-refractivity contribution in [1.29, 1.82) is 0 Å². The Morgan fingerprint density at radius 3 is 2.82 bits per heavy atom. The van der Waals surface area contributed by atoms with Gasteiger partial charge in [0.05, 0.1) is 17.5 Å². The molecule has 17 heavy (non-hydrogen) atoms. The van der Waals surface area contributed by atoms with E-state index in [0.717, 1.165) is 25.7 Å². The Morgan fingerprint density at radius 2 is 2.24 bits per heavy atom. The third-order valence-corrected chi connectivity index (χ3v) is 4.02. The van der Waals surface area contributed by atoms with E-state index >= 15 is 0 Å². The van der Waals surface area contributed by atoms with Crippen LogP contribution < -0.4 is 5.32 Å². The fourth-order valence-corrected chi connectivity index (χ4v) is 2.99. The Morgan fingerprint density at radius 1 is 1.47 bits per heavy atom. The molecule has 94 valence electrons. The lowest BCUT2D eigenvalue weighted by atomic mass is 9.86. The summed E-state index contributed by atoms with van der Waals surface area (Å²) in [6.45, 7) is 2.36. The number of esters is 1. The summed E-state index contributed by atoms with van der Waals surface area (Å²) in [7, 11) is 0. The van der Waals surface area contributed by atoms with Gasteiger partial charge in [-0.15, -0.1) is 11.3 Å². The van der Waals surface area contributed by atoms with Crippen LogP contribution in [0.1, 0.15) is 32.6 Å². The second-order valence-electron chi connectivity index (χ2n) is 4.42. The second-order valence-corrected chi connectivity index (χ2v) is 5.37. The summed E-state index contributed by atoms with van der Waals surface area (Å²) < 4.78 is 5.07. The molecule has 0 unspecified atom stereocenters. The first-order valence-corrected chi connectivity index (χ1v) is 7.14. The van der Waals surface area contributed by atoms with E-state index in [4.69, 9.17) is 4.74 Å². The third-order valence-electron chi connectivity index (χ3n) is 3.21. The molecule has 1 saturated carbocycles. The van der Waals surface area contributed by atoms with E-state index in [1.165, 1.54) is 5.00 Å². The topological polar surface area (TPSA) is 38.3 Å². The van der Waals surface area contributed by atoms with Crippen LogP contribution in [0.15, 0.2) is 17.5 Å². The molecule has 1 N–H and O–H groups in total. The summed E-state index contributed by atoms with van der Waals surface area (Å²) in [5.41, 5.74) is 0. The standard InChI is InChI=1S/C13H19NO2S/c1-2-16-13(15)10-5-7-11(8-6-10)14-12-4-3-9-17-12/h3-4,9-11,14H,2,5-8H2,1H3. The second kappa shape index (κ2) is 6.05. The summed E-state index contributed by atoms with van der Waals surface area (Å²) >= 11 is 1.73. The zero-order chi connectivity index (χ0) is 12.1. The van der Waals surface area contributed by atoms with Crippen LogP contribution in [0.5, 0.6) is 0 Å². The number of carbonyl (C=O) groups excluding carboxylic acids is 1. The first-order valence-electron chi connectivity index (χ1n) is 6.26. The molecular weight excluding hydrogens is 234 g/mol. The van der Waals surface area contributed by atoms with Gasteiger partial charge in [-0.2, -0.15) is 0 Å². The van der Waals surface area contributed by atoms with Gasteiger partial charge in [0.15, 0.2) is 0 Å². The van der Waals surface area contributed by atoms with Gasteiger partial charge in [0.25, 0.3) is 0 Å². The van der Waals surface area contributed by atoms with Crippen LogP contribution >= 0.6 is 11.3 Å². The average molecular weight is 253 g/mol. The van der Waals surface area contributed by atoms with Gasteiger partial charge in [-0.1, -0.05) is 0 Å². The number of ether oxygens (including phenoxy) is 1. The Labute approximate surface area is 106 Å². The van der Waals surface area contributed by atoms with Crippen LogP contribution in [-0.2, 0) is 9.53 Å². The molecule has 1 fully saturated rings. The van der Waals surface area contributed by atoms with Crippen molar-refractivity contribution >= 4 is 22.3 Å². The Bertz CT molecular complexity index is 342. The smallest absolute Gasteiger partial charge is 0.308 e. The van der Waals surface area contributed by atoms with E-state index in [-0.39, 0.29) is 11.9 Å². The average Bonchev–Trinajstić information content (AvgIpc) is 2.83. The molecule has 2 rings (SSSR count). The van der Waals surface area contributed by atoms with Gasteiger partial charge in [-0.05, 0) is 50.1 Å². The predicted molar refractivity (Wildman–Crippen MR) is 70.3 cm³/mol. The minimum absolute atomic E-state index is 0.0120. The molecule has 0 amide bonds. The Hall–Kier alpha value is -1.03. The minimum Gasteiger partial charge on any atom is -0.466 e. The molecule has 0 bridgehead atoms. The van der Waals surface area contributed by atoms with Crippen LogP contribution in [0, 0.1) is 5.92 Å². The molecule has 0 aliphatic heterocycles. The number of hydrogen-bond acceptors (Lipinski definition) is 4. The SMILES string of the molecule is CCOC(=O)C1CCC(Nc2cccs2)CC1. The monoisotopic (exact) mass is 253 g/mol. The lowest BCUT2D eigenvalue weighted by Crippen LogP contribution is -2.30. The highest BCUT2D eigenvalue weighted by Gasteiger charge is 2.27. The number of rotatable bonds is 4. The van der Waals surface area contributed by atoms with Gasteiger partial charge in [0.1, 0.15) is 0 Å². The van der Waals surface area contributed by atoms with Crippen LogP contribution in [0.2, 0.25) is 0 Å². The van der Waals surface area contributed by atoms with Crippen LogP contribution in [-0.4, -0.2) is 18.6 Å². The first kappa shape index (κ1) is 12.4. The first-order chi connectivity index (χ1) is 8.29. The molecule has 1 aliphatic carbocycles. The molecule has 0 spiro atoms. The number of anilines is 1. The maximum absolute atomic E-state index is 11.6. The van der Waals surface area contributed by atoms with Crippen molar-refractivity contribution in [3.8, 4) is 0 Å². The van der Waals surface area contributed by atoms with Gasteiger partial charge in [-0.25, -0.2) is 0 Å². The number of thiophene rings is 1. The molecule has 0 saturated heterocycles. The number of nitrogens with one attached hydrogen (secondary N) is 1. The van der Waals surface area contributed by atoms with Crippen molar-refractivity contribution in [2.75, 3.05) is 11.9 Å². The van der Waals surface area contributed by atoms with E-state index in [1.54, 1.807) is 11.3 Å². The number of carbonyl (C=O) groups is 1. The molecule has 1 aromatic heterocycles. The van der Waals surface area contributed by atoms with Gasteiger partial charge in [0, 0.05) is 6.04 Å². The fourth-order valence-electron chi connectivity index (χ4n) is 2.30. The highest BCUT2D eigenvalue weighted by atomic mass is 32.1. The van der Waals surface area contributed by atoms with Gasteiger partial charge in [0.2, 0.25) is 0 Å². The van der Waals surface area contributed by atoms with Crippen LogP contribution in [0.25, 0.3) is 0 Å². The summed E-state index contributed by atoms with van der Waals surface area (Å²) in [4.78, 5) is 11.6. The predicted octanol–water partition coefficient (Wildman–Crippen LogP) is 3.28. The maximum atomic E-state index is 11.6. The minimum atomic E-state index is -0.0120. The molecular formula is C13H19NO2S. The summed E-state index contributed by atoms with van der Waals surface area (Å²) in [6.07, 6.45) is 4.01. The molecule has 4 heteroatoms. The molecule has 1 aliphatic rings. The van der Waals surface area contributed by atoms with Gasteiger partial charge >= 0.3 is 5.97 Å². The fraction of sp³-hybridized carbons (Fsp3) is 0.615. The highest BCUT2D eigenvalue weighted by Crippen LogP contribution is 2.28. The largest absolute Gasteiger partial charge is 0.466 e. The van der Waals surface area contributed by atoms with Crippen molar-refractivity contribution < 1.29 is 9.53 Å². The summed E-state index contributed by atoms with van der Waals surface area (Å²) in [5, 5.41) is 6.82. The van der Waals surface area contributed by atoms with E-state index in [2.05, 4.69) is 22.8 Å². The van der Waals surface area contributed by atoms with Crippen LogP contribution in [0.3, 0.4) is 0 Å². The molecule has 1 heterocycles. The van der Waals surface area contributed by atoms with Gasteiger partial charge < -0.3 is 10.1 Å². The lowest BCUT2D eigenvalue weighted by Gasteiger charge is -2.28. The van der Waals surface area contributed by atoms with E-state index in [9.17, 15) is 4.79 Å². The highest BCUT2D eigenvalue weighted by molar-refractivity contribution is 7.14. The lowest BCUT2D eigenvalue weighted by molar-refractivity contribution is -0.149. The maximum Gasteiger partial charge on any atom is 0.308 e. The quantitative estimate of drug-likeness (QED) is 0.837. The van der Waals surface area contributed by atoms with Crippen molar-refractivity contribution in [3.05, 3.63) is 17.5 Å². The normalized spacial score (nSPS) is 24.3. The van der Waals surface area contributed by atoms with Crippen molar-refractivity contribution in [2.24, 2.45) is 5.92 Å². The van der Waals surface area contributed by atoms with Crippen molar-refractivity contribution in [1.82, 2.24) is 0 Å². The van der Waals surface area contributed by atoms with E-state index in [1.807, 2.05) is 6.92 Å². The van der Waals surface area contributed by atoms with Crippen molar-refractivity contribution in [2.45, 2.75) is 38.6 Å². The molecule has 0 radical (unpaired) electrons. The zero-order valence-corrected chi connectivity index (χ0v) is 11.0. The molecule has 0 atom stereocenters.